The van der Waals surface area contributed by atoms with Gasteiger partial charge in [-0.3, -0.25) is 14.9 Å². The van der Waals surface area contributed by atoms with Crippen molar-refractivity contribution >= 4 is 17.7 Å². The Kier molecular flexibility index (Phi) is 4.24. The van der Waals surface area contributed by atoms with Crippen LogP contribution in [0, 0.1) is 0 Å². The van der Waals surface area contributed by atoms with Gasteiger partial charge in [-0.25, -0.2) is 0 Å². The first kappa shape index (κ1) is 15.3. The quantitative estimate of drug-likeness (QED) is 0.335. The molecule has 7 nitrogen and oxygen atoms in total. The molecule has 0 radical (unpaired) electrons. The average molecular weight is 322 g/mol. The summed E-state index contributed by atoms with van der Waals surface area (Å²) >= 11 is 0. The van der Waals surface area contributed by atoms with Crippen LogP contribution in [0.4, 0.5) is 5.69 Å². The molecule has 0 aliphatic heterocycles. The first-order valence-corrected chi connectivity index (χ1v) is 7.07. The number of H-pyrrole nitrogens is 1. The number of carbonyl (C=O) groups is 1. The third-order valence-electron chi connectivity index (χ3n) is 3.32. The van der Waals surface area contributed by atoms with E-state index >= 15 is 0 Å². The Morgan fingerprint density at radius 1 is 1.17 bits per heavy atom. The molecule has 3 aromatic rings. The number of carbonyl (C=O) groups excluding carboxylic acids is 1. The highest BCUT2D eigenvalue weighted by Gasteiger charge is 2.05. The van der Waals surface area contributed by atoms with Gasteiger partial charge in [-0.2, -0.15) is 5.10 Å². The molecule has 0 spiro atoms. The van der Waals surface area contributed by atoms with Crippen LogP contribution in [0.15, 0.2) is 55.1 Å². The number of rotatable bonds is 4. The Morgan fingerprint density at radius 3 is 2.79 bits per heavy atom. The summed E-state index contributed by atoms with van der Waals surface area (Å²) in [6, 6.07) is 5.89. The molecule has 0 aliphatic carbocycles. The van der Waals surface area contributed by atoms with Gasteiger partial charge in [0.1, 0.15) is 0 Å². The van der Waals surface area contributed by atoms with Crippen molar-refractivity contribution in [1.29, 1.82) is 0 Å². The normalized spacial score (nSPS) is 10.8. The third kappa shape index (κ3) is 3.41. The number of nitrogens with zero attached hydrogens (tertiary/aromatic N) is 2. The fourth-order valence-electron chi connectivity index (χ4n) is 2.15. The smallest absolute Gasteiger partial charge is 0.248 e. The van der Waals surface area contributed by atoms with Crippen LogP contribution in [-0.4, -0.2) is 31.3 Å². The van der Waals surface area contributed by atoms with Gasteiger partial charge < -0.3 is 15.5 Å². The molecule has 0 saturated carbocycles. The van der Waals surface area contributed by atoms with E-state index < -0.39 is 0 Å². The van der Waals surface area contributed by atoms with Gasteiger partial charge in [0.2, 0.25) is 5.91 Å². The topological polar surface area (TPSA) is 111 Å². The maximum atomic E-state index is 12.0. The molecule has 120 valence electrons. The monoisotopic (exact) mass is 322 g/mol. The van der Waals surface area contributed by atoms with Crippen molar-refractivity contribution in [1.82, 2.24) is 15.2 Å². The van der Waals surface area contributed by atoms with E-state index in [1.54, 1.807) is 30.9 Å². The van der Waals surface area contributed by atoms with Gasteiger partial charge in [0.05, 0.1) is 6.20 Å². The van der Waals surface area contributed by atoms with Crippen LogP contribution >= 0.6 is 0 Å². The molecule has 0 saturated heterocycles. The SMILES string of the molecule is O=C(/C=C/c1cnccc1-c1cn[nH]c1)Nc1ccc(O)c(O)c1. The molecule has 0 unspecified atom stereocenters. The number of aromatic amines is 1. The number of amides is 1. The average Bonchev–Trinajstić information content (AvgIpc) is 3.11. The number of aromatic hydroxyl groups is 2. The Hall–Kier alpha value is -3.61. The summed E-state index contributed by atoms with van der Waals surface area (Å²) in [5, 5.41) is 27.9. The lowest BCUT2D eigenvalue weighted by Crippen LogP contribution is -2.07. The predicted octanol–water partition coefficient (Wildman–Crippen LogP) is 2.53. The van der Waals surface area contributed by atoms with Crippen LogP contribution in [0.1, 0.15) is 5.56 Å². The standard InChI is InChI=1S/C17H14N4O3/c22-15-3-2-13(7-16(15)23)21-17(24)4-1-11-8-18-6-5-14(11)12-9-19-20-10-12/h1-10,22-23H,(H,19,20)(H,21,24)/b4-1+. The molecule has 0 atom stereocenters. The van der Waals surface area contributed by atoms with Crippen LogP contribution in [0.5, 0.6) is 11.5 Å². The number of benzene rings is 1. The van der Waals surface area contributed by atoms with Crippen molar-refractivity contribution in [3.05, 3.63) is 60.7 Å². The molecule has 1 aromatic carbocycles. The van der Waals surface area contributed by atoms with Gasteiger partial charge in [0.15, 0.2) is 11.5 Å². The fourth-order valence-corrected chi connectivity index (χ4v) is 2.15. The van der Waals surface area contributed by atoms with Crippen LogP contribution in [0.2, 0.25) is 0 Å². The zero-order chi connectivity index (χ0) is 16.9. The molecule has 3 rings (SSSR count). The van der Waals surface area contributed by atoms with Gasteiger partial charge in [-0.05, 0) is 29.8 Å². The number of hydrogen-bond acceptors (Lipinski definition) is 5. The maximum absolute atomic E-state index is 12.0. The van der Waals surface area contributed by atoms with Gasteiger partial charge in [0, 0.05) is 47.5 Å². The Morgan fingerprint density at radius 2 is 2.04 bits per heavy atom. The van der Waals surface area contributed by atoms with Crippen molar-refractivity contribution in [3.63, 3.8) is 0 Å². The second-order valence-electron chi connectivity index (χ2n) is 4.98. The number of aromatic nitrogens is 3. The highest BCUT2D eigenvalue weighted by molar-refractivity contribution is 6.02. The van der Waals surface area contributed by atoms with Gasteiger partial charge >= 0.3 is 0 Å². The van der Waals surface area contributed by atoms with E-state index in [1.165, 1.54) is 24.3 Å². The lowest BCUT2D eigenvalue weighted by Gasteiger charge is -2.05. The molecule has 4 N–H and O–H groups in total. The Bertz CT molecular complexity index is 889. The van der Waals surface area contributed by atoms with E-state index in [2.05, 4.69) is 20.5 Å². The molecule has 0 aliphatic rings. The van der Waals surface area contributed by atoms with E-state index in [4.69, 9.17) is 0 Å². The Balaban J connectivity index is 1.76. The summed E-state index contributed by atoms with van der Waals surface area (Å²) in [5.41, 5.74) is 2.93. The number of anilines is 1. The van der Waals surface area contributed by atoms with Crippen molar-refractivity contribution in [2.24, 2.45) is 0 Å². The zero-order valence-electron chi connectivity index (χ0n) is 12.5. The number of pyridine rings is 1. The molecule has 0 fully saturated rings. The minimum atomic E-state index is -0.373. The molecule has 2 aromatic heterocycles. The molecular weight excluding hydrogens is 308 g/mol. The lowest BCUT2D eigenvalue weighted by atomic mass is 10.0. The third-order valence-corrected chi connectivity index (χ3v) is 3.32. The molecular formula is C17H14N4O3. The summed E-state index contributed by atoms with van der Waals surface area (Å²) in [4.78, 5) is 16.1. The number of nitrogens with one attached hydrogen (secondary N) is 2. The summed E-state index contributed by atoms with van der Waals surface area (Å²) < 4.78 is 0. The molecule has 0 bridgehead atoms. The summed E-state index contributed by atoms with van der Waals surface area (Å²) in [5.74, 6) is -0.919. The number of hydrogen-bond donors (Lipinski definition) is 4. The summed E-state index contributed by atoms with van der Waals surface area (Å²) in [6.07, 6.45) is 9.77. The molecule has 2 heterocycles. The summed E-state index contributed by atoms with van der Waals surface area (Å²) in [7, 11) is 0. The molecule has 1 amide bonds. The summed E-state index contributed by atoms with van der Waals surface area (Å²) in [6.45, 7) is 0. The van der Waals surface area contributed by atoms with Crippen molar-refractivity contribution < 1.29 is 15.0 Å². The fraction of sp³-hybridized carbons (Fsp3) is 0. The van der Waals surface area contributed by atoms with Crippen molar-refractivity contribution in [2.75, 3.05) is 5.32 Å². The van der Waals surface area contributed by atoms with Gasteiger partial charge in [0.25, 0.3) is 0 Å². The van der Waals surface area contributed by atoms with E-state index in [1.807, 2.05) is 6.07 Å². The van der Waals surface area contributed by atoms with E-state index in [0.29, 0.717) is 5.69 Å². The highest BCUT2D eigenvalue weighted by Crippen LogP contribution is 2.27. The van der Waals surface area contributed by atoms with Gasteiger partial charge in [-0.1, -0.05) is 0 Å². The lowest BCUT2D eigenvalue weighted by molar-refractivity contribution is -0.111. The van der Waals surface area contributed by atoms with E-state index in [0.717, 1.165) is 16.7 Å². The Labute approximate surface area is 137 Å². The first-order chi connectivity index (χ1) is 11.6. The van der Waals surface area contributed by atoms with Crippen LogP contribution in [0.25, 0.3) is 17.2 Å². The van der Waals surface area contributed by atoms with Gasteiger partial charge in [-0.15, -0.1) is 0 Å². The van der Waals surface area contributed by atoms with Crippen molar-refractivity contribution in [2.45, 2.75) is 0 Å². The molecule has 7 heteroatoms. The second kappa shape index (κ2) is 6.66. The first-order valence-electron chi connectivity index (χ1n) is 7.07. The maximum Gasteiger partial charge on any atom is 0.248 e. The largest absolute Gasteiger partial charge is 0.504 e. The minimum absolute atomic E-state index is 0.247. The van der Waals surface area contributed by atoms with E-state index in [-0.39, 0.29) is 17.4 Å². The highest BCUT2D eigenvalue weighted by atomic mass is 16.3. The number of phenolic OH excluding ortho intramolecular Hbond substituents is 2. The molecule has 24 heavy (non-hydrogen) atoms. The van der Waals surface area contributed by atoms with Crippen LogP contribution < -0.4 is 5.32 Å². The van der Waals surface area contributed by atoms with Crippen LogP contribution in [0.3, 0.4) is 0 Å². The van der Waals surface area contributed by atoms with Crippen LogP contribution in [-0.2, 0) is 4.79 Å². The zero-order valence-corrected chi connectivity index (χ0v) is 12.5. The minimum Gasteiger partial charge on any atom is -0.504 e. The second-order valence-corrected chi connectivity index (χ2v) is 4.98. The van der Waals surface area contributed by atoms with E-state index in [9.17, 15) is 15.0 Å². The van der Waals surface area contributed by atoms with Crippen molar-refractivity contribution in [3.8, 4) is 22.6 Å². The number of phenols is 2. The predicted molar refractivity (Wildman–Crippen MR) is 89.3 cm³/mol.